The largest absolute Gasteiger partial charge is 0.391 e. The molecule has 21 heavy (non-hydrogen) atoms. The Morgan fingerprint density at radius 1 is 1.43 bits per heavy atom. The SMILES string of the molecule is CCC(O)CN(c1cc(-c2ccnn2C)ncn1)C1CC1. The van der Waals surface area contributed by atoms with Crippen LogP contribution in [0.15, 0.2) is 24.7 Å². The van der Waals surface area contributed by atoms with Crippen LogP contribution in [0.5, 0.6) is 0 Å². The third-order valence-electron chi connectivity index (χ3n) is 3.90. The smallest absolute Gasteiger partial charge is 0.132 e. The van der Waals surface area contributed by atoms with Crippen molar-refractivity contribution in [3.05, 3.63) is 24.7 Å². The van der Waals surface area contributed by atoms with Crippen molar-refractivity contribution >= 4 is 5.82 Å². The highest BCUT2D eigenvalue weighted by Crippen LogP contribution is 2.32. The van der Waals surface area contributed by atoms with Gasteiger partial charge < -0.3 is 10.0 Å². The van der Waals surface area contributed by atoms with Crippen molar-refractivity contribution in [2.75, 3.05) is 11.4 Å². The van der Waals surface area contributed by atoms with Gasteiger partial charge >= 0.3 is 0 Å². The van der Waals surface area contributed by atoms with Crippen LogP contribution in [-0.2, 0) is 7.05 Å². The van der Waals surface area contributed by atoms with Crippen LogP contribution in [0.3, 0.4) is 0 Å². The molecule has 6 heteroatoms. The molecule has 1 atom stereocenters. The first-order valence-electron chi connectivity index (χ1n) is 7.44. The highest BCUT2D eigenvalue weighted by atomic mass is 16.3. The normalized spacial score (nSPS) is 16.0. The molecule has 1 aliphatic rings. The van der Waals surface area contributed by atoms with Crippen molar-refractivity contribution in [2.24, 2.45) is 7.05 Å². The number of rotatable bonds is 6. The maximum atomic E-state index is 9.96. The molecule has 0 radical (unpaired) electrons. The van der Waals surface area contributed by atoms with Crippen molar-refractivity contribution < 1.29 is 5.11 Å². The van der Waals surface area contributed by atoms with E-state index in [4.69, 9.17) is 0 Å². The number of anilines is 1. The first-order valence-corrected chi connectivity index (χ1v) is 7.44. The molecule has 1 aliphatic carbocycles. The lowest BCUT2D eigenvalue weighted by atomic mass is 10.2. The van der Waals surface area contributed by atoms with E-state index < -0.39 is 0 Å². The van der Waals surface area contributed by atoms with E-state index in [1.54, 1.807) is 17.2 Å². The van der Waals surface area contributed by atoms with Crippen LogP contribution in [0.2, 0.25) is 0 Å². The summed E-state index contributed by atoms with van der Waals surface area (Å²) in [6.45, 7) is 2.62. The predicted octanol–water partition coefficient (Wildman–Crippen LogP) is 1.62. The molecule has 112 valence electrons. The van der Waals surface area contributed by atoms with Gasteiger partial charge in [-0.25, -0.2) is 9.97 Å². The van der Waals surface area contributed by atoms with Crippen molar-refractivity contribution in [1.82, 2.24) is 19.7 Å². The fourth-order valence-electron chi connectivity index (χ4n) is 2.44. The number of nitrogens with zero attached hydrogens (tertiary/aromatic N) is 5. The van der Waals surface area contributed by atoms with Crippen LogP contribution in [-0.4, -0.2) is 43.5 Å². The zero-order valence-corrected chi connectivity index (χ0v) is 12.5. The lowest BCUT2D eigenvalue weighted by molar-refractivity contribution is 0.175. The van der Waals surface area contributed by atoms with Gasteiger partial charge in [-0.05, 0) is 25.3 Å². The molecule has 6 nitrogen and oxygen atoms in total. The van der Waals surface area contributed by atoms with Crippen LogP contribution in [0.25, 0.3) is 11.4 Å². The third-order valence-corrected chi connectivity index (χ3v) is 3.90. The van der Waals surface area contributed by atoms with Gasteiger partial charge in [-0.15, -0.1) is 0 Å². The van der Waals surface area contributed by atoms with Crippen molar-refractivity contribution in [2.45, 2.75) is 38.3 Å². The Bertz CT molecular complexity index is 608. The maximum absolute atomic E-state index is 9.96. The van der Waals surface area contributed by atoms with Crippen molar-refractivity contribution in [3.63, 3.8) is 0 Å². The molecule has 2 aromatic rings. The maximum Gasteiger partial charge on any atom is 0.132 e. The molecule has 1 saturated carbocycles. The third kappa shape index (κ3) is 3.05. The topological polar surface area (TPSA) is 67.1 Å². The van der Waals surface area contributed by atoms with Gasteiger partial charge in [0.25, 0.3) is 0 Å². The summed E-state index contributed by atoms with van der Waals surface area (Å²) in [6.07, 6.45) is 6.12. The average molecular weight is 287 g/mol. The molecule has 2 aromatic heterocycles. The summed E-state index contributed by atoms with van der Waals surface area (Å²) in [7, 11) is 1.90. The lowest BCUT2D eigenvalue weighted by Gasteiger charge is -2.26. The minimum Gasteiger partial charge on any atom is -0.391 e. The van der Waals surface area contributed by atoms with Crippen LogP contribution in [0, 0.1) is 0 Å². The molecular weight excluding hydrogens is 266 g/mol. The molecule has 0 saturated heterocycles. The van der Waals surface area contributed by atoms with Gasteiger partial charge in [0.2, 0.25) is 0 Å². The standard InChI is InChI=1S/C15H21N5O/c1-3-12(21)9-20(11-4-5-11)15-8-13(16-10-17-15)14-6-7-18-19(14)2/h6-8,10-12,21H,3-5,9H2,1-2H3. The summed E-state index contributed by atoms with van der Waals surface area (Å²) in [5.41, 5.74) is 1.82. The highest BCUT2D eigenvalue weighted by molar-refractivity contribution is 5.59. The van der Waals surface area contributed by atoms with E-state index in [1.807, 2.05) is 26.1 Å². The van der Waals surface area contributed by atoms with Crippen LogP contribution >= 0.6 is 0 Å². The molecule has 1 fully saturated rings. The monoisotopic (exact) mass is 287 g/mol. The summed E-state index contributed by atoms with van der Waals surface area (Å²) >= 11 is 0. The minimum absolute atomic E-state index is 0.319. The molecule has 0 amide bonds. The van der Waals surface area contributed by atoms with Gasteiger partial charge in [-0.2, -0.15) is 5.10 Å². The van der Waals surface area contributed by atoms with Crippen LogP contribution < -0.4 is 4.90 Å². The zero-order chi connectivity index (χ0) is 14.8. The molecule has 0 bridgehead atoms. The Kier molecular flexibility index (Phi) is 3.88. The van der Waals surface area contributed by atoms with E-state index in [0.29, 0.717) is 12.6 Å². The summed E-state index contributed by atoms with van der Waals surface area (Å²) in [4.78, 5) is 10.9. The first kappa shape index (κ1) is 14.0. The van der Waals surface area contributed by atoms with E-state index in [1.165, 1.54) is 12.8 Å². The van der Waals surface area contributed by atoms with Gasteiger partial charge in [-0.3, -0.25) is 4.68 Å². The second kappa shape index (κ2) is 5.81. The molecule has 3 rings (SSSR count). The average Bonchev–Trinajstić information content (AvgIpc) is 3.25. The number of aromatic nitrogens is 4. The van der Waals surface area contributed by atoms with Crippen molar-refractivity contribution in [3.8, 4) is 11.4 Å². The van der Waals surface area contributed by atoms with Gasteiger partial charge in [-0.1, -0.05) is 6.92 Å². The number of hydrogen-bond acceptors (Lipinski definition) is 5. The molecule has 0 aliphatic heterocycles. The Morgan fingerprint density at radius 3 is 2.86 bits per heavy atom. The van der Waals surface area contributed by atoms with Gasteiger partial charge in [0, 0.05) is 31.9 Å². The summed E-state index contributed by atoms with van der Waals surface area (Å²) < 4.78 is 1.80. The molecule has 0 spiro atoms. The molecule has 1 N–H and O–H groups in total. The first-order chi connectivity index (χ1) is 10.2. The van der Waals surface area contributed by atoms with E-state index in [9.17, 15) is 5.11 Å². The van der Waals surface area contributed by atoms with Gasteiger partial charge in [0.15, 0.2) is 0 Å². The second-order valence-electron chi connectivity index (χ2n) is 5.55. The minimum atomic E-state index is -0.319. The summed E-state index contributed by atoms with van der Waals surface area (Å²) in [5.74, 6) is 0.885. The molecule has 2 heterocycles. The predicted molar refractivity (Wildman–Crippen MR) is 80.9 cm³/mol. The van der Waals surface area contributed by atoms with E-state index in [2.05, 4.69) is 20.0 Å². The summed E-state index contributed by atoms with van der Waals surface area (Å²) in [5, 5.41) is 14.1. The fourth-order valence-corrected chi connectivity index (χ4v) is 2.44. The van der Waals surface area contributed by atoms with E-state index in [0.717, 1.165) is 23.6 Å². The molecular formula is C15H21N5O. The highest BCUT2D eigenvalue weighted by Gasteiger charge is 2.31. The lowest BCUT2D eigenvalue weighted by Crippen LogP contribution is -2.34. The number of hydrogen-bond donors (Lipinski definition) is 1. The molecule has 0 aromatic carbocycles. The Morgan fingerprint density at radius 2 is 2.24 bits per heavy atom. The Hall–Kier alpha value is -1.95. The number of aliphatic hydroxyl groups is 1. The second-order valence-corrected chi connectivity index (χ2v) is 5.55. The number of aryl methyl sites for hydroxylation is 1. The zero-order valence-electron chi connectivity index (χ0n) is 12.5. The van der Waals surface area contributed by atoms with E-state index in [-0.39, 0.29) is 6.10 Å². The summed E-state index contributed by atoms with van der Waals surface area (Å²) in [6, 6.07) is 4.42. The van der Waals surface area contributed by atoms with Gasteiger partial charge in [0.1, 0.15) is 12.1 Å². The quantitative estimate of drug-likeness (QED) is 0.874. The number of aliphatic hydroxyl groups excluding tert-OH is 1. The van der Waals surface area contributed by atoms with Crippen molar-refractivity contribution in [1.29, 1.82) is 0 Å². The van der Waals surface area contributed by atoms with Crippen LogP contribution in [0.1, 0.15) is 26.2 Å². The fraction of sp³-hybridized carbons (Fsp3) is 0.533. The Balaban J connectivity index is 1.88. The molecule has 1 unspecified atom stereocenters. The van der Waals surface area contributed by atoms with E-state index >= 15 is 0 Å². The van der Waals surface area contributed by atoms with Crippen LogP contribution in [0.4, 0.5) is 5.82 Å². The Labute approximate surface area is 124 Å². The van der Waals surface area contributed by atoms with Gasteiger partial charge in [0.05, 0.1) is 17.5 Å².